The molecule has 5 rings (SSSR count). The molecule has 3 heterocycles. The van der Waals surface area contributed by atoms with Crippen molar-refractivity contribution >= 4 is 35.3 Å². The van der Waals surface area contributed by atoms with Crippen molar-refractivity contribution in [3.05, 3.63) is 83.6 Å². The summed E-state index contributed by atoms with van der Waals surface area (Å²) in [5.74, 6) is 0.907. The molecule has 2 atom stereocenters. The molecular weight excluding hydrogens is 847 g/mol. The fourth-order valence-corrected chi connectivity index (χ4v) is 7.94. The number of aliphatic imine (C=N–C) groups is 1. The molecule has 2 aliphatic heterocycles. The number of aromatic nitrogens is 1. The number of carbonyl (C=O) groups is 3. The quantitative estimate of drug-likeness (QED) is 0.0357. The summed E-state index contributed by atoms with van der Waals surface area (Å²) < 4.78 is 34.6. The lowest BCUT2D eigenvalue weighted by atomic mass is 9.85. The Morgan fingerprint density at radius 2 is 1.55 bits per heavy atom. The molecule has 2 aromatic rings. The number of nitrogens with zero attached hydrogens (tertiary/aromatic N) is 3. The van der Waals surface area contributed by atoms with Crippen LogP contribution in [-0.4, -0.2) is 128 Å². The molecule has 17 heteroatoms. The second-order valence-electron chi connectivity index (χ2n) is 17.9. The highest BCUT2D eigenvalue weighted by Crippen LogP contribution is 2.35. The Kier molecular flexibility index (Phi) is 20.7. The average molecular weight is 918 g/mol. The van der Waals surface area contributed by atoms with Crippen LogP contribution < -0.4 is 16.4 Å². The number of nitrogens with one attached hydrogen (secondary N) is 3. The first-order valence-electron chi connectivity index (χ1n) is 23.4. The van der Waals surface area contributed by atoms with Gasteiger partial charge in [-0.1, -0.05) is 18.9 Å². The highest BCUT2D eigenvalue weighted by atomic mass is 16.6. The number of anilines is 1. The van der Waals surface area contributed by atoms with Crippen LogP contribution in [0.1, 0.15) is 114 Å². The summed E-state index contributed by atoms with van der Waals surface area (Å²) in [6.07, 6.45) is 15.4. The van der Waals surface area contributed by atoms with Crippen molar-refractivity contribution in [3.63, 3.8) is 0 Å². The van der Waals surface area contributed by atoms with E-state index >= 15 is 0 Å². The number of hydrogen-bond donors (Lipinski definition) is 5. The second kappa shape index (κ2) is 26.6. The molecule has 2 amide bonds. The highest BCUT2D eigenvalue weighted by molar-refractivity contribution is 6.07. The number of aliphatic carboxylic acids is 1. The topological polar surface area (TPSA) is 229 Å². The molecule has 3 aliphatic rings. The van der Waals surface area contributed by atoms with Gasteiger partial charge in [0.1, 0.15) is 17.2 Å². The third-order valence-electron chi connectivity index (χ3n) is 11.6. The van der Waals surface area contributed by atoms with Crippen molar-refractivity contribution in [2.24, 2.45) is 16.6 Å². The molecule has 1 aromatic heterocycles. The zero-order valence-electron chi connectivity index (χ0n) is 39.0. The SMILES string of the molecule is CC(C)(C)OC(=O)N1CCC(Nc2cccc(C(=O)N[C@@H]3CCOC4=CC=C(OCCCCCCOCCOCCOCCCCCC(=O)O)CC43)c2)(C(N)=NC(=N)c2ccncc2)CC1. The maximum atomic E-state index is 13.9. The summed E-state index contributed by atoms with van der Waals surface area (Å²) in [6, 6.07) is 10.5. The molecule has 1 aromatic carbocycles. The van der Waals surface area contributed by atoms with Gasteiger partial charge in [-0.3, -0.25) is 20.0 Å². The number of fused-ring (bicyclic) bond motifs is 1. The Labute approximate surface area is 389 Å². The Bertz CT molecular complexity index is 1960. The van der Waals surface area contributed by atoms with E-state index in [2.05, 4.69) is 20.6 Å². The number of likely N-dealkylation sites (tertiary alicyclic amines) is 1. The van der Waals surface area contributed by atoms with E-state index in [-0.39, 0.29) is 36.0 Å². The van der Waals surface area contributed by atoms with E-state index in [1.165, 1.54) is 0 Å². The van der Waals surface area contributed by atoms with Gasteiger partial charge in [0.2, 0.25) is 0 Å². The number of ether oxygens (including phenoxy) is 6. The van der Waals surface area contributed by atoms with E-state index in [4.69, 9.17) is 44.7 Å². The monoisotopic (exact) mass is 918 g/mol. The van der Waals surface area contributed by atoms with Gasteiger partial charge in [0.15, 0.2) is 5.84 Å². The molecular formula is C49H71N7O10. The van der Waals surface area contributed by atoms with Crippen molar-refractivity contribution in [2.45, 2.75) is 115 Å². The van der Waals surface area contributed by atoms with Crippen LogP contribution in [0.2, 0.25) is 0 Å². The normalized spacial score (nSPS) is 18.2. The molecule has 0 spiro atoms. The van der Waals surface area contributed by atoms with Crippen LogP contribution in [0.3, 0.4) is 0 Å². The van der Waals surface area contributed by atoms with E-state index in [9.17, 15) is 14.4 Å². The predicted octanol–water partition coefficient (Wildman–Crippen LogP) is 7.22. The van der Waals surface area contributed by atoms with Crippen molar-refractivity contribution in [2.75, 3.05) is 71.3 Å². The molecule has 1 aliphatic carbocycles. The zero-order chi connectivity index (χ0) is 47.2. The van der Waals surface area contributed by atoms with Gasteiger partial charge in [-0.2, -0.15) is 0 Å². The number of piperidine rings is 1. The summed E-state index contributed by atoms with van der Waals surface area (Å²) in [5, 5.41) is 24.2. The van der Waals surface area contributed by atoms with Crippen molar-refractivity contribution in [1.29, 1.82) is 5.41 Å². The van der Waals surface area contributed by atoms with E-state index in [0.29, 0.717) is 115 Å². The van der Waals surface area contributed by atoms with Gasteiger partial charge < -0.3 is 54.8 Å². The molecule has 0 radical (unpaired) electrons. The molecule has 0 saturated carbocycles. The smallest absolute Gasteiger partial charge is 0.410 e. The highest BCUT2D eigenvalue weighted by Gasteiger charge is 2.41. The molecule has 6 N–H and O–H groups in total. The minimum atomic E-state index is -0.921. The first-order chi connectivity index (χ1) is 31.8. The van der Waals surface area contributed by atoms with Gasteiger partial charge in [0.25, 0.3) is 5.91 Å². The third-order valence-corrected chi connectivity index (χ3v) is 11.6. The molecule has 2 fully saturated rings. The molecule has 17 nitrogen and oxygen atoms in total. The number of carbonyl (C=O) groups excluding carboxylic acids is 2. The van der Waals surface area contributed by atoms with Gasteiger partial charge in [-0.15, -0.1) is 0 Å². The number of rotatable bonds is 26. The molecule has 66 heavy (non-hydrogen) atoms. The zero-order valence-corrected chi connectivity index (χ0v) is 39.0. The second-order valence-corrected chi connectivity index (χ2v) is 17.9. The van der Waals surface area contributed by atoms with Crippen LogP contribution in [0, 0.1) is 11.3 Å². The lowest BCUT2D eigenvalue weighted by Crippen LogP contribution is -2.58. The summed E-state index contributed by atoms with van der Waals surface area (Å²) in [4.78, 5) is 47.6. The number of pyridine rings is 1. The summed E-state index contributed by atoms with van der Waals surface area (Å²) in [6.45, 7) is 10.7. The summed E-state index contributed by atoms with van der Waals surface area (Å²) >= 11 is 0. The number of allylic oxidation sites excluding steroid dienone is 3. The standard InChI is InChI=1S/C49H71N7O10/c1-48(2,3)66-47(60)56-24-20-49(21-25-56,46(51)54-44(50)36-17-22-52-23-18-36)55-38-13-11-12-37(34-38)45(59)53-41-19-29-65-42-16-15-39(35-40(41)42)64-28-10-5-4-8-26-61-30-32-63-33-31-62-27-9-6-7-14-43(57)58/h11-13,15-18,22-23,34,40-41,55H,4-10,14,19-21,24-33,35H2,1-3H3,(H,53,59)(H,57,58)(H3,50,51,54)/t40?,41-/m1/s1. The minimum absolute atomic E-state index is 0.00806. The number of amidine groups is 2. The van der Waals surface area contributed by atoms with Gasteiger partial charge in [0.05, 0.1) is 50.9 Å². The van der Waals surface area contributed by atoms with Crippen LogP contribution in [0.5, 0.6) is 0 Å². The largest absolute Gasteiger partial charge is 0.498 e. The first kappa shape index (κ1) is 51.5. The van der Waals surface area contributed by atoms with Crippen LogP contribution in [0.4, 0.5) is 10.5 Å². The van der Waals surface area contributed by atoms with Crippen molar-refractivity contribution in [3.8, 4) is 0 Å². The van der Waals surface area contributed by atoms with Crippen LogP contribution in [0.15, 0.2) is 77.5 Å². The Balaban J connectivity index is 1.04. The van der Waals surface area contributed by atoms with E-state index in [1.807, 2.05) is 45.1 Å². The maximum absolute atomic E-state index is 13.9. The fourth-order valence-electron chi connectivity index (χ4n) is 7.94. The molecule has 0 bridgehead atoms. The number of nitrogens with two attached hydrogens (primary N) is 1. The Morgan fingerprint density at radius 1 is 0.894 bits per heavy atom. The Morgan fingerprint density at radius 3 is 2.21 bits per heavy atom. The third kappa shape index (κ3) is 17.4. The molecule has 2 saturated heterocycles. The number of carboxylic acids is 1. The number of hydrogen-bond acceptors (Lipinski definition) is 12. The summed E-state index contributed by atoms with van der Waals surface area (Å²) in [5.41, 5.74) is 6.90. The van der Waals surface area contributed by atoms with E-state index < -0.39 is 23.2 Å². The number of amides is 2. The number of benzene rings is 1. The van der Waals surface area contributed by atoms with Crippen molar-refractivity contribution < 1.29 is 47.9 Å². The van der Waals surface area contributed by atoms with Crippen molar-refractivity contribution in [1.82, 2.24) is 15.2 Å². The minimum Gasteiger partial charge on any atom is -0.498 e. The average Bonchev–Trinajstić information content (AvgIpc) is 3.29. The fraction of sp³-hybridized carbons (Fsp3) is 0.592. The van der Waals surface area contributed by atoms with Gasteiger partial charge >= 0.3 is 12.1 Å². The van der Waals surface area contributed by atoms with Crippen LogP contribution in [-0.2, 0) is 33.2 Å². The maximum Gasteiger partial charge on any atom is 0.410 e. The molecule has 1 unspecified atom stereocenters. The van der Waals surface area contributed by atoms with Gasteiger partial charge in [0, 0.05) is 86.7 Å². The van der Waals surface area contributed by atoms with E-state index in [0.717, 1.165) is 50.0 Å². The lowest BCUT2D eigenvalue weighted by Gasteiger charge is -2.42. The van der Waals surface area contributed by atoms with Gasteiger partial charge in [-0.05, 0) is 108 Å². The predicted molar refractivity (Wildman–Crippen MR) is 252 cm³/mol. The molecule has 362 valence electrons. The number of unbranched alkanes of at least 4 members (excludes halogenated alkanes) is 5. The number of carboxylic acid groups (broad SMARTS) is 1. The lowest BCUT2D eigenvalue weighted by molar-refractivity contribution is -0.137. The summed E-state index contributed by atoms with van der Waals surface area (Å²) in [7, 11) is 0. The van der Waals surface area contributed by atoms with Crippen LogP contribution >= 0.6 is 0 Å². The van der Waals surface area contributed by atoms with Crippen LogP contribution in [0.25, 0.3) is 0 Å². The van der Waals surface area contributed by atoms with E-state index in [1.54, 1.807) is 41.6 Å². The first-order valence-corrected chi connectivity index (χ1v) is 23.4. The van der Waals surface area contributed by atoms with Gasteiger partial charge in [-0.25, -0.2) is 9.79 Å². The Hall–Kier alpha value is -5.52.